The van der Waals surface area contributed by atoms with Crippen molar-refractivity contribution in [2.45, 2.75) is 18.7 Å². The van der Waals surface area contributed by atoms with E-state index in [0.29, 0.717) is 5.75 Å². The number of Topliss-reactive ketones (excluding diaryl/α,β-unsaturated/α-hetero) is 1. The molecule has 0 heterocycles. The smallest absolute Gasteiger partial charge is 0.173 e. The first-order chi connectivity index (χ1) is 8.66. The molecule has 0 amide bonds. The highest BCUT2D eigenvalue weighted by Crippen LogP contribution is 2.22. The summed E-state index contributed by atoms with van der Waals surface area (Å²) in [6, 6.07) is 15.9. The molecule has 0 saturated heterocycles. The molecule has 0 aliphatic carbocycles. The highest BCUT2D eigenvalue weighted by atomic mass is 32.2. The lowest BCUT2D eigenvalue weighted by molar-refractivity contribution is 0.102. The number of rotatable bonds is 4. The van der Waals surface area contributed by atoms with Gasteiger partial charge in [0.2, 0.25) is 0 Å². The van der Waals surface area contributed by atoms with E-state index in [0.717, 1.165) is 5.56 Å². The third-order valence-corrected chi connectivity index (χ3v) is 4.00. The van der Waals surface area contributed by atoms with Crippen LogP contribution in [0.25, 0.3) is 0 Å². The van der Waals surface area contributed by atoms with Crippen LogP contribution in [0, 0.1) is 13.8 Å². The van der Waals surface area contributed by atoms with Gasteiger partial charge in [0.25, 0.3) is 0 Å². The minimum Gasteiger partial charge on any atom is -0.293 e. The molecule has 0 spiro atoms. The number of hydrogen-bond donors (Lipinski definition) is 0. The molecule has 0 fully saturated rings. The van der Waals surface area contributed by atoms with Gasteiger partial charge >= 0.3 is 0 Å². The van der Waals surface area contributed by atoms with Gasteiger partial charge in [-0.05, 0) is 25.5 Å². The summed E-state index contributed by atoms with van der Waals surface area (Å²) >= 11 is 1.60. The number of benzene rings is 2. The second-order valence-electron chi connectivity index (χ2n) is 4.34. The van der Waals surface area contributed by atoms with Crippen molar-refractivity contribution in [1.29, 1.82) is 0 Å². The predicted molar refractivity (Wildman–Crippen MR) is 77.4 cm³/mol. The van der Waals surface area contributed by atoms with Crippen molar-refractivity contribution in [1.82, 2.24) is 0 Å². The van der Waals surface area contributed by atoms with Crippen LogP contribution in [-0.2, 0) is 0 Å². The Hall–Kier alpha value is -1.54. The van der Waals surface area contributed by atoms with Gasteiger partial charge in [-0.15, -0.1) is 11.8 Å². The van der Waals surface area contributed by atoms with E-state index in [1.807, 2.05) is 43.3 Å². The molecule has 0 radical (unpaired) electrons. The van der Waals surface area contributed by atoms with E-state index in [1.54, 1.807) is 11.8 Å². The average Bonchev–Trinajstić information content (AvgIpc) is 2.38. The third-order valence-electron chi connectivity index (χ3n) is 2.83. The highest BCUT2D eigenvalue weighted by Gasteiger charge is 2.07. The zero-order chi connectivity index (χ0) is 13.0. The molecule has 0 aliphatic rings. The van der Waals surface area contributed by atoms with Crippen LogP contribution in [0.2, 0.25) is 0 Å². The van der Waals surface area contributed by atoms with Gasteiger partial charge in [-0.2, -0.15) is 0 Å². The van der Waals surface area contributed by atoms with Gasteiger partial charge in [-0.25, -0.2) is 0 Å². The zero-order valence-electron chi connectivity index (χ0n) is 10.6. The van der Waals surface area contributed by atoms with Gasteiger partial charge in [0.1, 0.15) is 0 Å². The Labute approximate surface area is 112 Å². The van der Waals surface area contributed by atoms with Gasteiger partial charge in [-0.3, -0.25) is 4.79 Å². The normalized spacial score (nSPS) is 10.3. The molecule has 0 bridgehead atoms. The van der Waals surface area contributed by atoms with Gasteiger partial charge in [-0.1, -0.05) is 48.0 Å². The summed E-state index contributed by atoms with van der Waals surface area (Å²) < 4.78 is 0. The fraction of sp³-hybridized carbons (Fsp3) is 0.188. The molecule has 0 N–H and O–H groups in total. The van der Waals surface area contributed by atoms with Gasteiger partial charge < -0.3 is 0 Å². The van der Waals surface area contributed by atoms with Crippen molar-refractivity contribution in [3.63, 3.8) is 0 Å². The van der Waals surface area contributed by atoms with Crippen molar-refractivity contribution in [2.75, 3.05) is 5.75 Å². The summed E-state index contributed by atoms with van der Waals surface area (Å²) in [6.07, 6.45) is 0. The number of carbonyl (C=O) groups is 1. The topological polar surface area (TPSA) is 17.1 Å². The monoisotopic (exact) mass is 256 g/mol. The third kappa shape index (κ3) is 3.23. The van der Waals surface area contributed by atoms with Crippen molar-refractivity contribution < 1.29 is 4.79 Å². The van der Waals surface area contributed by atoms with Crippen LogP contribution in [0.1, 0.15) is 21.5 Å². The number of aryl methyl sites for hydroxylation is 2. The molecule has 0 atom stereocenters. The van der Waals surface area contributed by atoms with Crippen molar-refractivity contribution in [2.24, 2.45) is 0 Å². The van der Waals surface area contributed by atoms with Crippen LogP contribution < -0.4 is 0 Å². The van der Waals surface area contributed by atoms with Gasteiger partial charge in [0.15, 0.2) is 5.78 Å². The second-order valence-corrected chi connectivity index (χ2v) is 5.36. The Bertz CT molecular complexity index is 543. The Kier molecular flexibility index (Phi) is 4.21. The van der Waals surface area contributed by atoms with Gasteiger partial charge in [0, 0.05) is 10.5 Å². The van der Waals surface area contributed by atoms with Crippen LogP contribution in [-0.4, -0.2) is 11.5 Å². The fourth-order valence-corrected chi connectivity index (χ4v) is 2.61. The van der Waals surface area contributed by atoms with E-state index in [9.17, 15) is 4.79 Å². The second kappa shape index (κ2) is 5.87. The molecule has 92 valence electrons. The van der Waals surface area contributed by atoms with Crippen molar-refractivity contribution >= 4 is 17.5 Å². The zero-order valence-corrected chi connectivity index (χ0v) is 11.5. The minimum atomic E-state index is 0.184. The maximum Gasteiger partial charge on any atom is 0.173 e. The van der Waals surface area contributed by atoms with Crippen LogP contribution in [0.5, 0.6) is 0 Å². The molecule has 2 aromatic rings. The number of hydrogen-bond acceptors (Lipinski definition) is 2. The summed E-state index contributed by atoms with van der Waals surface area (Å²) in [5.74, 6) is 0.678. The molecule has 2 rings (SSSR count). The maximum atomic E-state index is 12.0. The van der Waals surface area contributed by atoms with Crippen LogP contribution >= 0.6 is 11.8 Å². The van der Waals surface area contributed by atoms with Gasteiger partial charge in [0.05, 0.1) is 5.75 Å². The maximum absolute atomic E-state index is 12.0. The summed E-state index contributed by atoms with van der Waals surface area (Å²) in [6.45, 7) is 4.09. The average molecular weight is 256 g/mol. The molecule has 0 aromatic heterocycles. The van der Waals surface area contributed by atoms with E-state index in [4.69, 9.17) is 0 Å². The molecule has 2 heteroatoms. The largest absolute Gasteiger partial charge is 0.293 e. The van der Waals surface area contributed by atoms with E-state index >= 15 is 0 Å². The number of ketones is 1. The molecule has 0 unspecified atom stereocenters. The minimum absolute atomic E-state index is 0.184. The molecular weight excluding hydrogens is 240 g/mol. The molecule has 0 saturated carbocycles. The summed E-state index contributed by atoms with van der Waals surface area (Å²) in [7, 11) is 0. The molecule has 1 nitrogen and oxygen atoms in total. The predicted octanol–water partition coefficient (Wildman–Crippen LogP) is 4.28. The molecular formula is C16H16OS. The Morgan fingerprint density at radius 1 is 1.00 bits per heavy atom. The fourth-order valence-electron chi connectivity index (χ4n) is 1.68. The Morgan fingerprint density at radius 2 is 1.67 bits per heavy atom. The summed E-state index contributed by atoms with van der Waals surface area (Å²) in [4.78, 5) is 13.2. The van der Waals surface area contributed by atoms with Crippen LogP contribution in [0.3, 0.4) is 0 Å². The lowest BCUT2D eigenvalue weighted by Crippen LogP contribution is -2.02. The molecule has 18 heavy (non-hydrogen) atoms. The first-order valence-corrected chi connectivity index (χ1v) is 6.93. The highest BCUT2D eigenvalue weighted by molar-refractivity contribution is 8.00. The SMILES string of the molecule is Cc1ccc(C(=O)CSc2ccccc2C)cc1. The van der Waals surface area contributed by atoms with Crippen LogP contribution in [0.15, 0.2) is 53.4 Å². The standard InChI is InChI=1S/C16H16OS/c1-12-7-9-14(10-8-12)15(17)11-18-16-6-4-3-5-13(16)2/h3-10H,11H2,1-2H3. The first-order valence-electron chi connectivity index (χ1n) is 5.95. The number of carbonyl (C=O) groups excluding carboxylic acids is 1. The lowest BCUT2D eigenvalue weighted by Gasteiger charge is -2.05. The summed E-state index contributed by atoms with van der Waals surface area (Å²) in [5, 5.41) is 0. The van der Waals surface area contributed by atoms with Crippen molar-refractivity contribution in [3.8, 4) is 0 Å². The lowest BCUT2D eigenvalue weighted by atomic mass is 10.1. The van der Waals surface area contributed by atoms with Crippen molar-refractivity contribution in [3.05, 3.63) is 65.2 Å². The van der Waals surface area contributed by atoms with E-state index in [2.05, 4.69) is 19.1 Å². The molecule has 0 aliphatic heterocycles. The quantitative estimate of drug-likeness (QED) is 0.600. The van der Waals surface area contributed by atoms with Crippen LogP contribution in [0.4, 0.5) is 0 Å². The van der Waals surface area contributed by atoms with E-state index < -0.39 is 0 Å². The first kappa shape index (κ1) is 12.9. The van der Waals surface area contributed by atoms with E-state index in [-0.39, 0.29) is 5.78 Å². The summed E-state index contributed by atoms with van der Waals surface area (Å²) in [5.41, 5.74) is 3.19. The molecule has 2 aromatic carbocycles. The number of thioether (sulfide) groups is 1. The van der Waals surface area contributed by atoms with E-state index in [1.165, 1.54) is 16.0 Å². The Morgan fingerprint density at radius 3 is 2.33 bits per heavy atom. The Balaban J connectivity index is 2.01.